The third-order valence-corrected chi connectivity index (χ3v) is 3.82. The van der Waals surface area contributed by atoms with Crippen molar-refractivity contribution in [3.8, 4) is 5.75 Å². The maximum absolute atomic E-state index is 5.53. The van der Waals surface area contributed by atoms with Crippen LogP contribution in [-0.4, -0.2) is 44.7 Å². The molecular weight excluding hydrogens is 224 g/mol. The number of rotatable bonds is 5. The molecule has 0 atom stereocenters. The van der Waals surface area contributed by atoms with Gasteiger partial charge in [-0.1, -0.05) is 17.7 Å². The highest BCUT2D eigenvalue weighted by molar-refractivity contribution is 5.43. The second kappa shape index (κ2) is 5.72. The average molecular weight is 248 g/mol. The number of nitrogens with one attached hydrogen (secondary N) is 1. The van der Waals surface area contributed by atoms with Crippen molar-refractivity contribution in [2.45, 2.75) is 26.3 Å². The lowest BCUT2D eigenvalue weighted by Crippen LogP contribution is -2.56. The maximum Gasteiger partial charge on any atom is 0.125 e. The third-order valence-electron chi connectivity index (χ3n) is 3.82. The summed E-state index contributed by atoms with van der Waals surface area (Å²) in [6, 6.07) is 5.14. The predicted molar refractivity (Wildman–Crippen MR) is 75.5 cm³/mol. The molecule has 0 bridgehead atoms. The fourth-order valence-electron chi connectivity index (χ4n) is 2.58. The number of likely N-dealkylation sites (N-methyl/N-ethyl adjacent to an activating group) is 1. The third kappa shape index (κ3) is 2.85. The lowest BCUT2D eigenvalue weighted by molar-refractivity contribution is 0.182. The van der Waals surface area contributed by atoms with Crippen LogP contribution in [0.4, 0.5) is 0 Å². The normalized spacial score (nSPS) is 15.8. The van der Waals surface area contributed by atoms with Gasteiger partial charge in [-0.05, 0) is 38.4 Å². The Kier molecular flexibility index (Phi) is 4.25. The number of aryl methyl sites for hydroxylation is 2. The number of hydrogen-bond acceptors (Lipinski definition) is 3. The molecule has 2 rings (SSSR count). The minimum atomic E-state index is 0.710. The monoisotopic (exact) mass is 248 g/mol. The number of hydrogen-bond donors (Lipinski definition) is 1. The first-order valence-electron chi connectivity index (χ1n) is 6.67. The van der Waals surface area contributed by atoms with E-state index in [0.29, 0.717) is 6.04 Å². The first-order chi connectivity index (χ1) is 8.61. The van der Waals surface area contributed by atoms with Crippen molar-refractivity contribution in [1.82, 2.24) is 10.2 Å². The van der Waals surface area contributed by atoms with Crippen LogP contribution in [0.5, 0.6) is 5.75 Å². The molecule has 1 aliphatic rings. The molecule has 3 heteroatoms. The summed E-state index contributed by atoms with van der Waals surface area (Å²) in [6.07, 6.45) is 1.05. The van der Waals surface area contributed by atoms with E-state index in [1.807, 2.05) is 0 Å². The highest BCUT2D eigenvalue weighted by atomic mass is 16.5. The Labute approximate surface area is 110 Å². The molecule has 0 saturated carbocycles. The SMILES string of the molecule is COc1c(C)cc(C)cc1CCN(C)C1CNC1. The zero-order valence-electron chi connectivity index (χ0n) is 11.9. The smallest absolute Gasteiger partial charge is 0.125 e. The van der Waals surface area contributed by atoms with Gasteiger partial charge in [-0.3, -0.25) is 0 Å². The van der Waals surface area contributed by atoms with Crippen molar-refractivity contribution in [3.05, 3.63) is 28.8 Å². The van der Waals surface area contributed by atoms with Crippen LogP contribution in [-0.2, 0) is 6.42 Å². The van der Waals surface area contributed by atoms with E-state index >= 15 is 0 Å². The molecule has 1 saturated heterocycles. The minimum Gasteiger partial charge on any atom is -0.496 e. The summed E-state index contributed by atoms with van der Waals surface area (Å²) < 4.78 is 5.53. The van der Waals surface area contributed by atoms with E-state index < -0.39 is 0 Å². The van der Waals surface area contributed by atoms with E-state index in [0.717, 1.165) is 31.8 Å². The molecule has 1 heterocycles. The van der Waals surface area contributed by atoms with E-state index in [1.165, 1.54) is 16.7 Å². The lowest BCUT2D eigenvalue weighted by Gasteiger charge is -2.35. The molecule has 3 nitrogen and oxygen atoms in total. The summed E-state index contributed by atoms with van der Waals surface area (Å²) in [5, 5.41) is 3.31. The molecule has 1 aliphatic heterocycles. The molecular formula is C15H24N2O. The van der Waals surface area contributed by atoms with Crippen molar-refractivity contribution in [2.75, 3.05) is 33.8 Å². The average Bonchev–Trinajstić information content (AvgIpc) is 2.23. The first kappa shape index (κ1) is 13.4. The Balaban J connectivity index is 2.03. The molecule has 0 amide bonds. The first-order valence-corrected chi connectivity index (χ1v) is 6.67. The van der Waals surface area contributed by atoms with Gasteiger partial charge in [0.05, 0.1) is 7.11 Å². The number of methoxy groups -OCH3 is 1. The molecule has 0 spiro atoms. The van der Waals surface area contributed by atoms with Gasteiger partial charge in [0, 0.05) is 25.7 Å². The van der Waals surface area contributed by atoms with Crippen molar-refractivity contribution in [3.63, 3.8) is 0 Å². The van der Waals surface area contributed by atoms with E-state index in [1.54, 1.807) is 7.11 Å². The lowest BCUT2D eigenvalue weighted by atomic mass is 10.0. The van der Waals surface area contributed by atoms with Crippen LogP contribution < -0.4 is 10.1 Å². The second-order valence-corrected chi connectivity index (χ2v) is 5.32. The molecule has 0 aliphatic carbocycles. The quantitative estimate of drug-likeness (QED) is 0.859. The van der Waals surface area contributed by atoms with Gasteiger partial charge < -0.3 is 15.0 Å². The van der Waals surface area contributed by atoms with Crippen LogP contribution in [0.25, 0.3) is 0 Å². The Morgan fingerprint density at radius 3 is 2.61 bits per heavy atom. The van der Waals surface area contributed by atoms with Crippen molar-refractivity contribution in [1.29, 1.82) is 0 Å². The van der Waals surface area contributed by atoms with Gasteiger partial charge in [0.15, 0.2) is 0 Å². The Hall–Kier alpha value is -1.06. The highest BCUT2D eigenvalue weighted by Gasteiger charge is 2.21. The van der Waals surface area contributed by atoms with E-state index in [4.69, 9.17) is 4.74 Å². The van der Waals surface area contributed by atoms with Gasteiger partial charge in [0.2, 0.25) is 0 Å². The molecule has 1 N–H and O–H groups in total. The van der Waals surface area contributed by atoms with Gasteiger partial charge in [0.25, 0.3) is 0 Å². The molecule has 0 radical (unpaired) electrons. The summed E-state index contributed by atoms with van der Waals surface area (Å²) in [5.74, 6) is 1.06. The fraction of sp³-hybridized carbons (Fsp3) is 0.600. The van der Waals surface area contributed by atoms with E-state index in [2.05, 4.69) is 43.2 Å². The predicted octanol–water partition coefficient (Wildman–Crippen LogP) is 1.76. The summed E-state index contributed by atoms with van der Waals surface area (Å²) in [6.45, 7) is 7.61. The Morgan fingerprint density at radius 2 is 2.06 bits per heavy atom. The Morgan fingerprint density at radius 1 is 1.33 bits per heavy atom. The molecule has 18 heavy (non-hydrogen) atoms. The molecule has 100 valence electrons. The van der Waals surface area contributed by atoms with Crippen LogP contribution in [0.3, 0.4) is 0 Å². The Bertz CT molecular complexity index is 413. The van der Waals surface area contributed by atoms with Gasteiger partial charge >= 0.3 is 0 Å². The molecule has 0 unspecified atom stereocenters. The van der Waals surface area contributed by atoms with Crippen LogP contribution >= 0.6 is 0 Å². The van der Waals surface area contributed by atoms with Crippen molar-refractivity contribution in [2.24, 2.45) is 0 Å². The number of nitrogens with zero attached hydrogens (tertiary/aromatic N) is 1. The van der Waals surface area contributed by atoms with Crippen LogP contribution in [0.15, 0.2) is 12.1 Å². The zero-order valence-corrected chi connectivity index (χ0v) is 11.9. The topological polar surface area (TPSA) is 24.5 Å². The molecule has 1 aromatic rings. The van der Waals surface area contributed by atoms with E-state index in [9.17, 15) is 0 Å². The second-order valence-electron chi connectivity index (χ2n) is 5.32. The summed E-state index contributed by atoms with van der Waals surface area (Å²) in [5.41, 5.74) is 3.88. The van der Waals surface area contributed by atoms with Crippen LogP contribution in [0.1, 0.15) is 16.7 Å². The number of ether oxygens (including phenoxy) is 1. The minimum absolute atomic E-state index is 0.710. The van der Waals surface area contributed by atoms with Gasteiger partial charge in [-0.25, -0.2) is 0 Å². The largest absolute Gasteiger partial charge is 0.496 e. The van der Waals surface area contributed by atoms with Crippen molar-refractivity contribution < 1.29 is 4.74 Å². The standard InChI is InChI=1S/C15H24N2O/c1-11-7-12(2)15(18-4)13(8-11)5-6-17(3)14-9-16-10-14/h7-8,14,16H,5-6,9-10H2,1-4H3. The fourth-order valence-corrected chi connectivity index (χ4v) is 2.58. The number of benzene rings is 1. The molecule has 1 aromatic carbocycles. The zero-order chi connectivity index (χ0) is 13.1. The summed E-state index contributed by atoms with van der Waals surface area (Å²) in [7, 11) is 3.97. The summed E-state index contributed by atoms with van der Waals surface area (Å²) in [4.78, 5) is 2.44. The van der Waals surface area contributed by atoms with E-state index in [-0.39, 0.29) is 0 Å². The molecule has 1 fully saturated rings. The van der Waals surface area contributed by atoms with Gasteiger partial charge in [-0.2, -0.15) is 0 Å². The molecule has 0 aromatic heterocycles. The van der Waals surface area contributed by atoms with Crippen LogP contribution in [0, 0.1) is 13.8 Å². The summed E-state index contributed by atoms with van der Waals surface area (Å²) >= 11 is 0. The van der Waals surface area contributed by atoms with Crippen LogP contribution in [0.2, 0.25) is 0 Å². The van der Waals surface area contributed by atoms with Gasteiger partial charge in [0.1, 0.15) is 5.75 Å². The maximum atomic E-state index is 5.53. The highest BCUT2D eigenvalue weighted by Crippen LogP contribution is 2.25. The van der Waals surface area contributed by atoms with Gasteiger partial charge in [-0.15, -0.1) is 0 Å². The van der Waals surface area contributed by atoms with Crippen molar-refractivity contribution >= 4 is 0 Å².